The van der Waals surface area contributed by atoms with Crippen LogP contribution in [0.3, 0.4) is 0 Å². The molecule has 0 spiro atoms. The first-order valence-electron chi connectivity index (χ1n) is 5.50. The zero-order chi connectivity index (χ0) is 11.2. The van der Waals surface area contributed by atoms with Gasteiger partial charge in [0.15, 0.2) is 0 Å². The van der Waals surface area contributed by atoms with Crippen LogP contribution in [0.5, 0.6) is 0 Å². The van der Waals surface area contributed by atoms with E-state index in [2.05, 4.69) is 21.9 Å². The lowest BCUT2D eigenvalue weighted by atomic mass is 10.2. The maximum atomic E-state index is 4.32. The monoisotopic (exact) mass is 213 g/mol. The van der Waals surface area contributed by atoms with Crippen LogP contribution in [0, 0.1) is 0 Å². The third-order valence-electron chi connectivity index (χ3n) is 2.23. The Morgan fingerprint density at radius 1 is 1.31 bits per heavy atom. The molecule has 2 rings (SSSR count). The average Bonchev–Trinajstić information content (AvgIpc) is 2.79. The number of aromatic amines is 1. The van der Waals surface area contributed by atoms with Gasteiger partial charge in [-0.3, -0.25) is 4.99 Å². The molecule has 1 heterocycles. The molecule has 3 heteroatoms. The largest absolute Gasteiger partial charge is 0.337 e. The fraction of sp³-hybridized carbons (Fsp3) is 0.231. The lowest BCUT2D eigenvalue weighted by Crippen LogP contribution is -1.84. The van der Waals surface area contributed by atoms with Crippen molar-refractivity contribution in [1.29, 1.82) is 0 Å². The number of rotatable bonds is 4. The molecule has 0 saturated carbocycles. The minimum atomic E-state index is 0.861. The molecule has 82 valence electrons. The highest BCUT2D eigenvalue weighted by Gasteiger charge is 2.00. The SMILES string of the molecule is CCCN=Cc1cnc(-c2ccccc2)[nH]1. The standard InChI is InChI=1S/C13H15N3/c1-2-8-14-9-12-10-15-13(16-12)11-6-4-3-5-7-11/h3-7,9-10H,2,8H2,1H3,(H,15,16). The molecular formula is C13H15N3. The van der Waals surface area contributed by atoms with Gasteiger partial charge in [0.05, 0.1) is 11.9 Å². The van der Waals surface area contributed by atoms with E-state index in [0.717, 1.165) is 30.0 Å². The number of nitrogens with zero attached hydrogens (tertiary/aromatic N) is 2. The first kappa shape index (κ1) is 10.6. The lowest BCUT2D eigenvalue weighted by molar-refractivity contribution is 0.936. The number of nitrogens with one attached hydrogen (secondary N) is 1. The minimum absolute atomic E-state index is 0.861. The molecule has 0 saturated heterocycles. The molecule has 1 N–H and O–H groups in total. The third-order valence-corrected chi connectivity index (χ3v) is 2.23. The molecule has 0 fully saturated rings. The summed E-state index contributed by atoms with van der Waals surface area (Å²) in [4.78, 5) is 11.8. The molecule has 0 radical (unpaired) electrons. The molecule has 1 aromatic heterocycles. The van der Waals surface area contributed by atoms with Crippen molar-refractivity contribution in [3.05, 3.63) is 42.2 Å². The molecule has 0 aliphatic rings. The smallest absolute Gasteiger partial charge is 0.137 e. The van der Waals surface area contributed by atoms with Gasteiger partial charge in [-0.25, -0.2) is 4.98 Å². The van der Waals surface area contributed by atoms with E-state index in [9.17, 15) is 0 Å². The fourth-order valence-corrected chi connectivity index (χ4v) is 1.44. The van der Waals surface area contributed by atoms with Crippen LogP contribution in [0.1, 0.15) is 19.0 Å². The fourth-order valence-electron chi connectivity index (χ4n) is 1.44. The van der Waals surface area contributed by atoms with Crippen molar-refractivity contribution in [2.75, 3.05) is 6.54 Å². The normalized spacial score (nSPS) is 11.1. The second-order valence-electron chi connectivity index (χ2n) is 3.59. The zero-order valence-electron chi connectivity index (χ0n) is 9.35. The van der Waals surface area contributed by atoms with E-state index in [1.807, 2.05) is 42.7 Å². The molecule has 0 aliphatic carbocycles. The Balaban J connectivity index is 2.14. The number of hydrogen-bond acceptors (Lipinski definition) is 2. The third kappa shape index (κ3) is 2.57. The Hall–Kier alpha value is -1.90. The van der Waals surface area contributed by atoms with E-state index >= 15 is 0 Å². The highest BCUT2D eigenvalue weighted by Crippen LogP contribution is 2.13. The summed E-state index contributed by atoms with van der Waals surface area (Å²) in [6.45, 7) is 2.97. The van der Waals surface area contributed by atoms with Gasteiger partial charge < -0.3 is 4.98 Å². The average molecular weight is 213 g/mol. The van der Waals surface area contributed by atoms with Crippen LogP contribution in [0.25, 0.3) is 11.4 Å². The van der Waals surface area contributed by atoms with E-state index in [-0.39, 0.29) is 0 Å². The summed E-state index contributed by atoms with van der Waals surface area (Å²) in [7, 11) is 0. The number of hydrogen-bond donors (Lipinski definition) is 1. The van der Waals surface area contributed by atoms with Crippen LogP contribution in [-0.4, -0.2) is 22.7 Å². The van der Waals surface area contributed by atoms with E-state index in [1.54, 1.807) is 0 Å². The Morgan fingerprint density at radius 3 is 2.88 bits per heavy atom. The second-order valence-corrected chi connectivity index (χ2v) is 3.59. The molecular weight excluding hydrogens is 198 g/mol. The molecule has 0 bridgehead atoms. The maximum Gasteiger partial charge on any atom is 0.137 e. The van der Waals surface area contributed by atoms with Crippen LogP contribution in [0.2, 0.25) is 0 Å². The van der Waals surface area contributed by atoms with E-state index in [4.69, 9.17) is 0 Å². The quantitative estimate of drug-likeness (QED) is 0.779. The Bertz CT molecular complexity index is 457. The van der Waals surface area contributed by atoms with Gasteiger partial charge in [-0.2, -0.15) is 0 Å². The second kappa shape index (κ2) is 5.26. The van der Waals surface area contributed by atoms with Gasteiger partial charge in [0, 0.05) is 18.3 Å². The molecule has 1 aromatic carbocycles. The summed E-state index contributed by atoms with van der Waals surface area (Å²) in [5.41, 5.74) is 2.05. The number of aliphatic imine (C=N–C) groups is 1. The van der Waals surface area contributed by atoms with Crippen molar-refractivity contribution in [2.24, 2.45) is 4.99 Å². The van der Waals surface area contributed by atoms with Crippen LogP contribution in [-0.2, 0) is 0 Å². The zero-order valence-corrected chi connectivity index (χ0v) is 9.35. The minimum Gasteiger partial charge on any atom is -0.337 e. The number of aromatic nitrogens is 2. The van der Waals surface area contributed by atoms with Gasteiger partial charge >= 0.3 is 0 Å². The van der Waals surface area contributed by atoms with E-state index in [0.29, 0.717) is 0 Å². The molecule has 3 nitrogen and oxygen atoms in total. The van der Waals surface area contributed by atoms with Gasteiger partial charge in [0.1, 0.15) is 5.82 Å². The Labute approximate surface area is 95.3 Å². The first-order valence-corrected chi connectivity index (χ1v) is 5.50. The highest BCUT2D eigenvalue weighted by molar-refractivity contribution is 5.77. The number of H-pyrrole nitrogens is 1. The summed E-state index contributed by atoms with van der Waals surface area (Å²) in [6, 6.07) is 10.1. The Kier molecular flexibility index (Phi) is 3.49. The Morgan fingerprint density at radius 2 is 2.12 bits per heavy atom. The van der Waals surface area contributed by atoms with Crippen LogP contribution in [0.15, 0.2) is 41.5 Å². The summed E-state index contributed by atoms with van der Waals surface area (Å²) in [6.07, 6.45) is 4.71. The van der Waals surface area contributed by atoms with Crippen LogP contribution < -0.4 is 0 Å². The topological polar surface area (TPSA) is 41.0 Å². The molecule has 0 amide bonds. The first-order chi connectivity index (χ1) is 7.90. The van der Waals surface area contributed by atoms with E-state index < -0.39 is 0 Å². The molecule has 2 aromatic rings. The summed E-state index contributed by atoms with van der Waals surface area (Å²) < 4.78 is 0. The van der Waals surface area contributed by atoms with Crippen molar-refractivity contribution < 1.29 is 0 Å². The summed E-state index contributed by atoms with van der Waals surface area (Å²) >= 11 is 0. The predicted molar refractivity (Wildman–Crippen MR) is 66.8 cm³/mol. The van der Waals surface area contributed by atoms with E-state index in [1.165, 1.54) is 0 Å². The maximum absolute atomic E-state index is 4.32. The number of benzene rings is 1. The lowest BCUT2D eigenvalue weighted by Gasteiger charge is -1.94. The summed E-state index contributed by atoms with van der Waals surface area (Å²) in [5.74, 6) is 0.888. The van der Waals surface area contributed by atoms with Crippen molar-refractivity contribution in [3.63, 3.8) is 0 Å². The molecule has 16 heavy (non-hydrogen) atoms. The number of imidazole rings is 1. The van der Waals surface area contributed by atoms with Crippen molar-refractivity contribution in [2.45, 2.75) is 13.3 Å². The molecule has 0 unspecified atom stereocenters. The highest BCUT2D eigenvalue weighted by atomic mass is 14.9. The molecule has 0 atom stereocenters. The van der Waals surface area contributed by atoms with Crippen molar-refractivity contribution >= 4 is 6.21 Å². The van der Waals surface area contributed by atoms with Gasteiger partial charge in [-0.15, -0.1) is 0 Å². The summed E-state index contributed by atoms with van der Waals surface area (Å²) in [5, 5.41) is 0. The van der Waals surface area contributed by atoms with Crippen molar-refractivity contribution in [3.8, 4) is 11.4 Å². The van der Waals surface area contributed by atoms with Gasteiger partial charge in [-0.05, 0) is 6.42 Å². The van der Waals surface area contributed by atoms with Gasteiger partial charge in [0.25, 0.3) is 0 Å². The van der Waals surface area contributed by atoms with Gasteiger partial charge in [0.2, 0.25) is 0 Å². The van der Waals surface area contributed by atoms with Gasteiger partial charge in [-0.1, -0.05) is 37.3 Å². The van der Waals surface area contributed by atoms with Crippen LogP contribution in [0.4, 0.5) is 0 Å². The molecule has 0 aliphatic heterocycles. The van der Waals surface area contributed by atoms with Crippen molar-refractivity contribution in [1.82, 2.24) is 9.97 Å². The van der Waals surface area contributed by atoms with Crippen LogP contribution >= 0.6 is 0 Å². The predicted octanol–water partition coefficient (Wildman–Crippen LogP) is 2.91.